The van der Waals surface area contributed by atoms with Gasteiger partial charge in [0.2, 0.25) is 0 Å². The summed E-state index contributed by atoms with van der Waals surface area (Å²) in [5.74, 6) is -1.04. The second kappa shape index (κ2) is 9.00. The van der Waals surface area contributed by atoms with Crippen molar-refractivity contribution in [3.8, 4) is 5.69 Å². The number of benzene rings is 2. The molecule has 0 atom stereocenters. The average Bonchev–Trinajstić information content (AvgIpc) is 3.24. The Morgan fingerprint density at radius 3 is 2.29 bits per heavy atom. The van der Waals surface area contributed by atoms with Crippen molar-refractivity contribution in [3.05, 3.63) is 76.6 Å². The number of hydrogen-bond acceptors (Lipinski definition) is 4. The Kier molecular flexibility index (Phi) is 5.89. The highest BCUT2D eigenvalue weighted by atomic mass is 19.1. The molecule has 176 valence electrons. The lowest BCUT2D eigenvalue weighted by molar-refractivity contribution is 0.0738. The number of hydrogen-bond donors (Lipinski definition) is 0. The maximum Gasteiger partial charge on any atom is 0.274 e. The van der Waals surface area contributed by atoms with Gasteiger partial charge in [0.1, 0.15) is 11.6 Å². The van der Waals surface area contributed by atoms with E-state index >= 15 is 0 Å². The van der Waals surface area contributed by atoms with Gasteiger partial charge in [-0.2, -0.15) is 5.10 Å². The van der Waals surface area contributed by atoms with Gasteiger partial charge in [-0.3, -0.25) is 9.59 Å². The lowest BCUT2D eigenvalue weighted by Crippen LogP contribution is -2.49. The predicted octanol–water partition coefficient (Wildman–Crippen LogP) is 4.19. The first kappa shape index (κ1) is 22.3. The van der Waals surface area contributed by atoms with Gasteiger partial charge in [0.25, 0.3) is 5.91 Å². The van der Waals surface area contributed by atoms with Crippen molar-refractivity contribution in [2.45, 2.75) is 32.6 Å². The van der Waals surface area contributed by atoms with E-state index in [1.165, 1.54) is 25.1 Å². The molecule has 6 nitrogen and oxygen atoms in total. The summed E-state index contributed by atoms with van der Waals surface area (Å²) in [4.78, 5) is 28.6. The number of anilines is 1. The summed E-state index contributed by atoms with van der Waals surface area (Å²) in [7, 11) is 0. The minimum absolute atomic E-state index is 0.119. The van der Waals surface area contributed by atoms with Gasteiger partial charge >= 0.3 is 0 Å². The van der Waals surface area contributed by atoms with Crippen molar-refractivity contribution in [2.24, 2.45) is 0 Å². The van der Waals surface area contributed by atoms with Crippen molar-refractivity contribution >= 4 is 17.4 Å². The Morgan fingerprint density at radius 2 is 1.62 bits per heavy atom. The largest absolute Gasteiger partial charge is 0.366 e. The third kappa shape index (κ3) is 4.08. The van der Waals surface area contributed by atoms with Crippen molar-refractivity contribution < 1.29 is 18.4 Å². The van der Waals surface area contributed by atoms with E-state index in [1.807, 2.05) is 4.90 Å². The van der Waals surface area contributed by atoms with Crippen LogP contribution < -0.4 is 4.90 Å². The number of piperazine rings is 1. The third-order valence-electron chi connectivity index (χ3n) is 6.72. The number of Topliss-reactive ketones (excluding diaryl/α,β-unsaturated/α-hetero) is 1. The fraction of sp³-hybridized carbons (Fsp3) is 0.346. The van der Waals surface area contributed by atoms with E-state index in [-0.39, 0.29) is 17.5 Å². The van der Waals surface area contributed by atoms with Gasteiger partial charge in [-0.1, -0.05) is 0 Å². The van der Waals surface area contributed by atoms with Crippen LogP contribution in [0.5, 0.6) is 0 Å². The monoisotopic (exact) mass is 464 g/mol. The first-order valence-electron chi connectivity index (χ1n) is 11.6. The number of nitrogens with zero attached hydrogens (tertiary/aromatic N) is 4. The van der Waals surface area contributed by atoms with Crippen molar-refractivity contribution in [1.29, 1.82) is 0 Å². The smallest absolute Gasteiger partial charge is 0.274 e. The fourth-order valence-electron chi connectivity index (χ4n) is 4.85. The van der Waals surface area contributed by atoms with E-state index in [0.29, 0.717) is 43.1 Å². The zero-order valence-corrected chi connectivity index (χ0v) is 19.1. The number of carbonyl (C=O) groups excluding carboxylic acids is 2. The quantitative estimate of drug-likeness (QED) is 0.544. The second-order valence-electron chi connectivity index (χ2n) is 8.87. The topological polar surface area (TPSA) is 58.4 Å². The highest BCUT2D eigenvalue weighted by Gasteiger charge is 2.30. The molecule has 0 bridgehead atoms. The number of halogens is 2. The molecule has 0 radical (unpaired) electrons. The summed E-state index contributed by atoms with van der Waals surface area (Å²) in [5.41, 5.74) is 3.99. The number of ketones is 1. The molecule has 1 fully saturated rings. The van der Waals surface area contributed by atoms with E-state index in [0.717, 1.165) is 42.6 Å². The summed E-state index contributed by atoms with van der Waals surface area (Å²) in [6, 6.07) is 10.7. The van der Waals surface area contributed by atoms with Gasteiger partial charge in [-0.25, -0.2) is 13.5 Å². The zero-order chi connectivity index (χ0) is 23.8. The summed E-state index contributed by atoms with van der Waals surface area (Å²) in [6.07, 6.45) is 3.66. The third-order valence-corrected chi connectivity index (χ3v) is 6.72. The molecule has 1 aliphatic heterocycles. The summed E-state index contributed by atoms with van der Waals surface area (Å²) >= 11 is 0. The number of fused-ring (bicyclic) bond motifs is 1. The molecule has 2 aliphatic rings. The molecular formula is C26H26F2N4O2. The minimum atomic E-state index is -0.431. The van der Waals surface area contributed by atoms with Crippen LogP contribution >= 0.6 is 0 Å². The second-order valence-corrected chi connectivity index (χ2v) is 8.87. The van der Waals surface area contributed by atoms with E-state index in [1.54, 1.807) is 33.8 Å². The molecule has 5 rings (SSSR count). The summed E-state index contributed by atoms with van der Waals surface area (Å²) in [6.45, 7) is 3.29. The van der Waals surface area contributed by atoms with Gasteiger partial charge in [0, 0.05) is 43.0 Å². The Hall–Kier alpha value is -3.55. The molecule has 1 amide bonds. The molecule has 34 heavy (non-hydrogen) atoms. The summed E-state index contributed by atoms with van der Waals surface area (Å²) < 4.78 is 29.8. The molecular weight excluding hydrogens is 438 g/mol. The van der Waals surface area contributed by atoms with Gasteiger partial charge in [-0.15, -0.1) is 0 Å². The highest BCUT2D eigenvalue weighted by Crippen LogP contribution is 2.29. The first-order valence-corrected chi connectivity index (χ1v) is 11.6. The highest BCUT2D eigenvalue weighted by molar-refractivity contribution is 5.95. The molecule has 0 N–H and O–H groups in total. The van der Waals surface area contributed by atoms with Crippen LogP contribution in [-0.4, -0.2) is 52.5 Å². The molecule has 3 aromatic rings. The molecule has 1 aliphatic carbocycles. The Bertz CT molecular complexity index is 1240. The Labute approximate surface area is 196 Å². The van der Waals surface area contributed by atoms with E-state index < -0.39 is 5.82 Å². The fourth-order valence-corrected chi connectivity index (χ4v) is 4.85. The molecule has 0 spiro atoms. The first-order chi connectivity index (χ1) is 16.4. The number of rotatable bonds is 4. The maximum absolute atomic E-state index is 14.6. The van der Waals surface area contributed by atoms with Crippen LogP contribution in [-0.2, 0) is 12.8 Å². The van der Waals surface area contributed by atoms with Crippen molar-refractivity contribution in [2.75, 3.05) is 31.1 Å². The Balaban J connectivity index is 1.35. The zero-order valence-electron chi connectivity index (χ0n) is 19.1. The number of amides is 1. The SMILES string of the molecule is CC(=O)c1ccc(N2CCN(C(=O)c3nn(-c4ccc(F)cc4)c4c3CCCC4)CC2)c(F)c1. The van der Waals surface area contributed by atoms with Gasteiger partial charge < -0.3 is 9.80 Å². The maximum atomic E-state index is 14.6. The van der Waals surface area contributed by atoms with Gasteiger partial charge in [0.05, 0.1) is 11.4 Å². The lowest BCUT2D eigenvalue weighted by atomic mass is 9.95. The van der Waals surface area contributed by atoms with Gasteiger partial charge in [0.15, 0.2) is 11.5 Å². The predicted molar refractivity (Wildman–Crippen MR) is 125 cm³/mol. The van der Waals surface area contributed by atoms with Crippen molar-refractivity contribution in [3.63, 3.8) is 0 Å². The van der Waals surface area contributed by atoms with Crippen LogP contribution in [0.2, 0.25) is 0 Å². The molecule has 2 aromatic carbocycles. The number of aromatic nitrogens is 2. The van der Waals surface area contributed by atoms with E-state index in [4.69, 9.17) is 0 Å². The average molecular weight is 465 g/mol. The Morgan fingerprint density at radius 1 is 0.912 bits per heavy atom. The van der Waals surface area contributed by atoms with E-state index in [2.05, 4.69) is 5.10 Å². The lowest BCUT2D eigenvalue weighted by Gasteiger charge is -2.36. The molecule has 2 heterocycles. The molecule has 1 saturated heterocycles. The van der Waals surface area contributed by atoms with Gasteiger partial charge in [-0.05, 0) is 75.1 Å². The molecule has 1 aromatic heterocycles. The van der Waals surface area contributed by atoms with Crippen LogP contribution in [0.1, 0.15) is 51.9 Å². The molecule has 8 heteroatoms. The normalized spacial score (nSPS) is 15.9. The van der Waals surface area contributed by atoms with E-state index in [9.17, 15) is 18.4 Å². The molecule has 0 saturated carbocycles. The van der Waals surface area contributed by atoms with Crippen molar-refractivity contribution in [1.82, 2.24) is 14.7 Å². The minimum Gasteiger partial charge on any atom is -0.366 e. The van der Waals surface area contributed by atoms with Crippen LogP contribution in [0.3, 0.4) is 0 Å². The number of carbonyl (C=O) groups is 2. The summed E-state index contributed by atoms with van der Waals surface area (Å²) in [5, 5.41) is 4.68. The molecule has 0 unspecified atom stereocenters. The van der Waals surface area contributed by atoms with Crippen LogP contribution in [0.25, 0.3) is 5.69 Å². The standard InChI is InChI=1S/C26H26F2N4O2/c1-17(33)18-6-11-24(22(28)16-18)30-12-14-31(15-13-30)26(34)25-21-4-2-3-5-23(21)32(29-25)20-9-7-19(27)8-10-20/h6-11,16H,2-5,12-15H2,1H3. The van der Waals surface area contributed by atoms with Crippen LogP contribution in [0.15, 0.2) is 42.5 Å². The van der Waals surface area contributed by atoms with Crippen LogP contribution in [0, 0.1) is 11.6 Å². The van der Waals surface area contributed by atoms with Crippen LogP contribution in [0.4, 0.5) is 14.5 Å².